The Kier molecular flexibility index (Phi) is 7.07. The summed E-state index contributed by atoms with van der Waals surface area (Å²) in [6.45, 7) is 8.01. The third-order valence-corrected chi connectivity index (χ3v) is 8.62. The number of carbonyl (C=O) groups excluding carboxylic acids is 3. The van der Waals surface area contributed by atoms with Crippen LogP contribution in [0, 0.1) is 5.92 Å². The highest BCUT2D eigenvalue weighted by molar-refractivity contribution is 5.99. The molecule has 3 aliphatic heterocycles. The number of aliphatic hydroxyl groups is 1. The minimum atomic E-state index is -0.895. The van der Waals surface area contributed by atoms with E-state index in [-0.39, 0.29) is 30.8 Å². The van der Waals surface area contributed by atoms with Gasteiger partial charge >= 0.3 is 0 Å². The van der Waals surface area contributed by atoms with Gasteiger partial charge in [-0.25, -0.2) is 0 Å². The second-order valence-corrected chi connectivity index (χ2v) is 11.0. The standard InChI is InChI=1S/C27H38N4O5/c1-16(2)29-9-11-30(12-10-29)18-7-8-19(26(28)34)20(13-18)23(17-5-3-4-6-17)27(35)31-14-21(32)25-24(31)22(33)15-36-25/h7-8,13,16-17,21,23-25,32H,3-6,9-12,14-15H2,1-2H3,(H2,28,34)/t21-,23-,24+,25+/m0/s1. The lowest BCUT2D eigenvalue weighted by molar-refractivity contribution is -0.139. The van der Waals surface area contributed by atoms with Crippen molar-refractivity contribution in [3.05, 3.63) is 29.3 Å². The smallest absolute Gasteiger partial charge is 0.249 e. The molecule has 36 heavy (non-hydrogen) atoms. The molecule has 0 aromatic heterocycles. The van der Waals surface area contributed by atoms with Crippen LogP contribution in [0.1, 0.15) is 61.4 Å². The first-order chi connectivity index (χ1) is 17.3. The summed E-state index contributed by atoms with van der Waals surface area (Å²) < 4.78 is 5.50. The third kappa shape index (κ3) is 4.53. The zero-order chi connectivity index (χ0) is 25.6. The number of nitrogens with two attached hydrogens (primary N) is 1. The molecule has 0 spiro atoms. The van der Waals surface area contributed by atoms with Crippen molar-refractivity contribution in [3.8, 4) is 0 Å². The van der Waals surface area contributed by atoms with Crippen molar-refractivity contribution in [1.82, 2.24) is 9.80 Å². The Morgan fingerprint density at radius 2 is 1.81 bits per heavy atom. The number of ether oxygens (including phenoxy) is 1. The van der Waals surface area contributed by atoms with Crippen LogP contribution in [0.25, 0.3) is 0 Å². The Balaban J connectivity index is 1.50. The number of rotatable bonds is 6. The van der Waals surface area contributed by atoms with E-state index in [9.17, 15) is 19.5 Å². The molecular formula is C27H38N4O5. The van der Waals surface area contributed by atoms with Gasteiger partial charge in [-0.05, 0) is 56.4 Å². The molecule has 1 aromatic rings. The minimum Gasteiger partial charge on any atom is -0.388 e. The molecule has 9 nitrogen and oxygen atoms in total. The molecule has 3 saturated heterocycles. The number of β-amino-alcohol motifs (C(OH)–C–C–N with tert-alkyl or cyclic N) is 1. The third-order valence-electron chi connectivity index (χ3n) is 8.62. The summed E-state index contributed by atoms with van der Waals surface area (Å²) in [6.07, 6.45) is 2.22. The first-order valence-corrected chi connectivity index (χ1v) is 13.3. The van der Waals surface area contributed by atoms with Crippen LogP contribution in [0.15, 0.2) is 18.2 Å². The van der Waals surface area contributed by atoms with Gasteiger partial charge in [-0.1, -0.05) is 12.8 Å². The monoisotopic (exact) mass is 498 g/mol. The van der Waals surface area contributed by atoms with E-state index in [1.807, 2.05) is 12.1 Å². The van der Waals surface area contributed by atoms with Gasteiger partial charge in [0.25, 0.3) is 0 Å². The number of amides is 2. The highest BCUT2D eigenvalue weighted by atomic mass is 16.5. The number of carbonyl (C=O) groups is 3. The number of anilines is 1. The van der Waals surface area contributed by atoms with Crippen molar-refractivity contribution in [2.75, 3.05) is 44.2 Å². The molecule has 5 rings (SSSR count). The van der Waals surface area contributed by atoms with Gasteiger partial charge in [0.05, 0.1) is 12.5 Å². The fourth-order valence-corrected chi connectivity index (χ4v) is 6.64. The van der Waals surface area contributed by atoms with Crippen LogP contribution >= 0.6 is 0 Å². The van der Waals surface area contributed by atoms with E-state index in [0.29, 0.717) is 17.2 Å². The summed E-state index contributed by atoms with van der Waals surface area (Å²) in [5.74, 6) is -1.49. The van der Waals surface area contributed by atoms with Gasteiger partial charge in [0, 0.05) is 43.5 Å². The number of benzene rings is 1. The first kappa shape index (κ1) is 25.2. The number of hydrogen-bond acceptors (Lipinski definition) is 7. The van der Waals surface area contributed by atoms with Crippen LogP contribution in [0.5, 0.6) is 0 Å². The maximum absolute atomic E-state index is 14.2. The van der Waals surface area contributed by atoms with E-state index in [4.69, 9.17) is 10.5 Å². The lowest BCUT2D eigenvalue weighted by Crippen LogP contribution is -2.49. The number of piperazine rings is 1. The average molecular weight is 499 g/mol. The van der Waals surface area contributed by atoms with Gasteiger partial charge in [0.15, 0.2) is 5.78 Å². The minimum absolute atomic E-state index is 0.0530. The molecule has 0 bridgehead atoms. The van der Waals surface area contributed by atoms with Crippen LogP contribution in [-0.4, -0.2) is 96.1 Å². The fraction of sp³-hybridized carbons (Fsp3) is 0.667. The second-order valence-electron chi connectivity index (χ2n) is 11.0. The van der Waals surface area contributed by atoms with Crippen molar-refractivity contribution in [2.24, 2.45) is 11.7 Å². The lowest BCUT2D eigenvalue weighted by atomic mass is 9.80. The van der Waals surface area contributed by atoms with Crippen molar-refractivity contribution >= 4 is 23.3 Å². The number of nitrogens with zero attached hydrogens (tertiary/aromatic N) is 3. The Labute approximate surface area is 212 Å². The number of ketones is 1. The summed E-state index contributed by atoms with van der Waals surface area (Å²) in [7, 11) is 0. The molecule has 2 amide bonds. The maximum Gasteiger partial charge on any atom is 0.249 e. The average Bonchev–Trinajstić information content (AvgIpc) is 3.59. The number of likely N-dealkylation sites (tertiary alicyclic amines) is 1. The fourth-order valence-electron chi connectivity index (χ4n) is 6.64. The molecule has 1 aromatic carbocycles. The van der Waals surface area contributed by atoms with E-state index >= 15 is 0 Å². The van der Waals surface area contributed by atoms with E-state index in [1.165, 1.54) is 4.90 Å². The molecule has 0 radical (unpaired) electrons. The maximum atomic E-state index is 14.2. The molecule has 4 fully saturated rings. The van der Waals surface area contributed by atoms with Crippen LogP contribution < -0.4 is 10.6 Å². The molecule has 9 heteroatoms. The highest BCUT2D eigenvalue weighted by Crippen LogP contribution is 2.42. The molecule has 0 unspecified atom stereocenters. The number of Topliss-reactive ketones (excluding diaryl/α,β-unsaturated/α-hetero) is 1. The van der Waals surface area contributed by atoms with E-state index in [2.05, 4.69) is 23.6 Å². The molecule has 196 valence electrons. The summed E-state index contributed by atoms with van der Waals surface area (Å²) in [5, 5.41) is 10.5. The van der Waals surface area contributed by atoms with Gasteiger partial charge in [0.1, 0.15) is 24.9 Å². The number of primary amides is 1. The van der Waals surface area contributed by atoms with E-state index in [0.717, 1.165) is 57.5 Å². The van der Waals surface area contributed by atoms with Crippen molar-refractivity contribution in [2.45, 2.75) is 69.7 Å². The Hall–Kier alpha value is -2.49. The summed E-state index contributed by atoms with van der Waals surface area (Å²) in [5.41, 5.74) is 7.80. The summed E-state index contributed by atoms with van der Waals surface area (Å²) >= 11 is 0. The summed E-state index contributed by atoms with van der Waals surface area (Å²) in [6, 6.07) is 5.38. The zero-order valence-electron chi connectivity index (χ0n) is 21.3. The largest absolute Gasteiger partial charge is 0.388 e. The van der Waals surface area contributed by atoms with Gasteiger partial charge in [-0.15, -0.1) is 0 Å². The Bertz CT molecular complexity index is 1020. The van der Waals surface area contributed by atoms with Crippen molar-refractivity contribution in [3.63, 3.8) is 0 Å². The van der Waals surface area contributed by atoms with Gasteiger partial charge in [0.2, 0.25) is 11.8 Å². The SMILES string of the molecule is CC(C)N1CCN(c2ccc(C(N)=O)c([C@@H](C(=O)N3C[C@H](O)[C@H]4OCC(=O)[C@H]43)C3CCCC3)c2)CC1. The van der Waals surface area contributed by atoms with Crippen molar-refractivity contribution in [1.29, 1.82) is 0 Å². The number of hydrogen-bond donors (Lipinski definition) is 2. The quantitative estimate of drug-likeness (QED) is 0.604. The van der Waals surface area contributed by atoms with Crippen LogP contribution in [0.2, 0.25) is 0 Å². The van der Waals surface area contributed by atoms with Crippen molar-refractivity contribution < 1.29 is 24.2 Å². The molecular weight excluding hydrogens is 460 g/mol. The normalized spacial score (nSPS) is 28.2. The predicted octanol–water partition coefficient (Wildman–Crippen LogP) is 1.13. The summed E-state index contributed by atoms with van der Waals surface area (Å²) in [4.78, 5) is 45.6. The number of aliphatic hydroxyl groups excluding tert-OH is 1. The number of fused-ring (bicyclic) bond motifs is 1. The second kappa shape index (κ2) is 10.1. The van der Waals surface area contributed by atoms with Crippen LogP contribution in [-0.2, 0) is 14.3 Å². The zero-order valence-corrected chi connectivity index (χ0v) is 21.3. The first-order valence-electron chi connectivity index (χ1n) is 13.3. The van der Waals surface area contributed by atoms with Gasteiger partial charge < -0.3 is 25.4 Å². The molecule has 3 heterocycles. The Morgan fingerprint density at radius 1 is 1.11 bits per heavy atom. The van der Waals surface area contributed by atoms with E-state index < -0.39 is 30.1 Å². The highest BCUT2D eigenvalue weighted by Gasteiger charge is 2.53. The molecule has 4 atom stereocenters. The topological polar surface area (TPSA) is 116 Å². The van der Waals surface area contributed by atoms with Crippen LogP contribution in [0.4, 0.5) is 5.69 Å². The molecule has 4 aliphatic rings. The predicted molar refractivity (Wildman–Crippen MR) is 135 cm³/mol. The van der Waals surface area contributed by atoms with Gasteiger partial charge in [-0.3, -0.25) is 19.3 Å². The van der Waals surface area contributed by atoms with Gasteiger partial charge in [-0.2, -0.15) is 0 Å². The molecule has 3 N–H and O–H groups in total. The molecule has 1 aliphatic carbocycles. The Morgan fingerprint density at radius 3 is 2.44 bits per heavy atom. The van der Waals surface area contributed by atoms with Crippen LogP contribution in [0.3, 0.4) is 0 Å². The molecule has 1 saturated carbocycles. The lowest BCUT2D eigenvalue weighted by Gasteiger charge is -2.38. The van der Waals surface area contributed by atoms with E-state index in [1.54, 1.807) is 6.07 Å².